The number of rotatable bonds is 6. The van der Waals surface area contributed by atoms with Gasteiger partial charge in [-0.1, -0.05) is 0 Å². The molecule has 0 aromatic rings. The summed E-state index contributed by atoms with van der Waals surface area (Å²) in [6, 6.07) is 0. The van der Waals surface area contributed by atoms with Crippen LogP contribution in [0.3, 0.4) is 0 Å². The van der Waals surface area contributed by atoms with Crippen molar-refractivity contribution in [1.82, 2.24) is 0 Å². The van der Waals surface area contributed by atoms with Crippen LogP contribution in [0.25, 0.3) is 0 Å². The van der Waals surface area contributed by atoms with E-state index in [4.69, 9.17) is 14.6 Å². The number of carboxylic acids is 1. The largest absolute Gasteiger partial charge is 0.479 e. The molecule has 0 aromatic carbocycles. The number of carbonyl (C=O) groups is 1. The zero-order chi connectivity index (χ0) is 13.5. The molecule has 4 nitrogen and oxygen atoms in total. The molecule has 0 amide bonds. The highest BCUT2D eigenvalue weighted by Gasteiger charge is 2.51. The van der Waals surface area contributed by atoms with Gasteiger partial charge in [0, 0.05) is 0 Å². The van der Waals surface area contributed by atoms with E-state index >= 15 is 0 Å². The van der Waals surface area contributed by atoms with E-state index in [0.29, 0.717) is 13.2 Å². The summed E-state index contributed by atoms with van der Waals surface area (Å²) in [5, 5.41) is 8.75. The summed E-state index contributed by atoms with van der Waals surface area (Å²) < 4.78 is 11.4. The second-order valence-corrected chi connectivity index (χ2v) is 6.80. The van der Waals surface area contributed by atoms with Crippen molar-refractivity contribution in [3.63, 3.8) is 0 Å². The van der Waals surface area contributed by atoms with E-state index in [1.165, 1.54) is 38.5 Å². The topological polar surface area (TPSA) is 55.8 Å². The number of hydrogen-bond donors (Lipinski definition) is 1. The van der Waals surface area contributed by atoms with Gasteiger partial charge in [-0.05, 0) is 63.2 Å². The van der Waals surface area contributed by atoms with Crippen molar-refractivity contribution in [2.24, 2.45) is 17.8 Å². The maximum absolute atomic E-state index is 10.6. The van der Waals surface area contributed by atoms with Gasteiger partial charge in [0.2, 0.25) is 0 Å². The highest BCUT2D eigenvalue weighted by molar-refractivity contribution is 5.71. The van der Waals surface area contributed by atoms with E-state index in [1.54, 1.807) is 6.92 Å². The molecular formula is C15H24O4. The van der Waals surface area contributed by atoms with Gasteiger partial charge in [0.25, 0.3) is 0 Å². The van der Waals surface area contributed by atoms with E-state index in [2.05, 4.69) is 0 Å². The zero-order valence-corrected chi connectivity index (χ0v) is 11.6. The normalized spacial score (nSPS) is 41.4. The van der Waals surface area contributed by atoms with Crippen LogP contribution in [-0.2, 0) is 14.3 Å². The predicted octanol–water partition coefficient (Wildman–Crippen LogP) is 2.46. The number of ether oxygens (including phenoxy) is 2. The van der Waals surface area contributed by atoms with Gasteiger partial charge in [-0.25, -0.2) is 4.79 Å². The van der Waals surface area contributed by atoms with Crippen LogP contribution in [0.4, 0.5) is 0 Å². The molecule has 0 spiro atoms. The molecule has 4 aliphatic rings. The van der Waals surface area contributed by atoms with Crippen LogP contribution in [-0.4, -0.2) is 36.0 Å². The van der Waals surface area contributed by atoms with Gasteiger partial charge in [-0.3, -0.25) is 0 Å². The lowest BCUT2D eigenvalue weighted by atomic mass is 9.54. The minimum Gasteiger partial charge on any atom is -0.479 e. The highest BCUT2D eigenvalue weighted by atomic mass is 16.6. The van der Waals surface area contributed by atoms with Crippen LogP contribution >= 0.6 is 0 Å². The summed E-state index contributed by atoms with van der Waals surface area (Å²) in [5.41, 5.74) is 0.102. The van der Waals surface area contributed by atoms with Crippen molar-refractivity contribution in [3.05, 3.63) is 0 Å². The molecule has 4 heteroatoms. The minimum absolute atomic E-state index is 0.102. The van der Waals surface area contributed by atoms with Gasteiger partial charge in [-0.2, -0.15) is 0 Å². The maximum Gasteiger partial charge on any atom is 0.332 e. The van der Waals surface area contributed by atoms with Gasteiger partial charge >= 0.3 is 5.97 Å². The van der Waals surface area contributed by atoms with Crippen molar-refractivity contribution in [3.8, 4) is 0 Å². The highest BCUT2D eigenvalue weighted by Crippen LogP contribution is 2.57. The molecule has 4 fully saturated rings. The molecule has 0 heterocycles. The Morgan fingerprint density at radius 2 is 1.68 bits per heavy atom. The first-order valence-electron chi connectivity index (χ1n) is 7.55. The molecule has 4 rings (SSSR count). The standard InChI is InChI=1S/C15H24O4/c1-10(14(16)17)18-2-3-19-15-7-11-4-12(8-15)6-13(5-11)9-15/h10-13H,2-9H2,1H3,(H,16,17). The van der Waals surface area contributed by atoms with E-state index in [1.807, 2.05) is 0 Å². The Labute approximate surface area is 114 Å². The van der Waals surface area contributed by atoms with Crippen LogP contribution in [0.2, 0.25) is 0 Å². The molecule has 4 bridgehead atoms. The Balaban J connectivity index is 1.46. The van der Waals surface area contributed by atoms with Crippen LogP contribution in [0.15, 0.2) is 0 Å². The van der Waals surface area contributed by atoms with E-state index < -0.39 is 12.1 Å². The van der Waals surface area contributed by atoms with Gasteiger partial charge in [-0.15, -0.1) is 0 Å². The summed E-state index contributed by atoms with van der Waals surface area (Å²) in [6.07, 6.45) is 7.15. The predicted molar refractivity (Wildman–Crippen MR) is 69.9 cm³/mol. The average molecular weight is 268 g/mol. The third-order valence-corrected chi connectivity index (χ3v) is 5.19. The summed E-state index contributed by atoms with van der Waals surface area (Å²) >= 11 is 0. The van der Waals surface area contributed by atoms with Gasteiger partial charge < -0.3 is 14.6 Å². The Morgan fingerprint density at radius 3 is 2.16 bits per heavy atom. The van der Waals surface area contributed by atoms with Crippen molar-refractivity contribution in [2.75, 3.05) is 13.2 Å². The molecule has 4 aliphatic carbocycles. The first-order chi connectivity index (χ1) is 9.06. The second-order valence-electron chi connectivity index (χ2n) is 6.80. The maximum atomic E-state index is 10.6. The molecular weight excluding hydrogens is 244 g/mol. The van der Waals surface area contributed by atoms with Crippen molar-refractivity contribution >= 4 is 5.97 Å². The molecule has 0 aliphatic heterocycles. The fourth-order valence-corrected chi connectivity index (χ4v) is 4.76. The molecule has 108 valence electrons. The SMILES string of the molecule is CC(OCCOC12CC3CC(CC(C3)C1)C2)C(=O)O. The molecule has 19 heavy (non-hydrogen) atoms. The molecule has 0 saturated heterocycles. The van der Waals surface area contributed by atoms with Gasteiger partial charge in [0.1, 0.15) is 0 Å². The Kier molecular flexibility index (Phi) is 3.56. The third-order valence-electron chi connectivity index (χ3n) is 5.19. The van der Waals surface area contributed by atoms with Gasteiger partial charge in [0.15, 0.2) is 6.10 Å². The molecule has 1 atom stereocenters. The lowest BCUT2D eigenvalue weighted by Gasteiger charge is -2.56. The fourth-order valence-electron chi connectivity index (χ4n) is 4.76. The second kappa shape index (κ2) is 5.06. The summed E-state index contributed by atoms with van der Waals surface area (Å²) in [4.78, 5) is 10.6. The van der Waals surface area contributed by atoms with Crippen LogP contribution in [0, 0.1) is 17.8 Å². The average Bonchev–Trinajstić information content (AvgIpc) is 2.32. The zero-order valence-electron chi connectivity index (χ0n) is 11.6. The Bertz CT molecular complexity index is 317. The van der Waals surface area contributed by atoms with Crippen molar-refractivity contribution in [1.29, 1.82) is 0 Å². The summed E-state index contributed by atoms with van der Waals surface area (Å²) in [5.74, 6) is 1.73. The van der Waals surface area contributed by atoms with E-state index in [9.17, 15) is 4.79 Å². The molecule has 1 unspecified atom stereocenters. The monoisotopic (exact) mass is 268 g/mol. The quantitative estimate of drug-likeness (QED) is 0.752. The fraction of sp³-hybridized carbons (Fsp3) is 0.933. The number of hydrogen-bond acceptors (Lipinski definition) is 3. The van der Waals surface area contributed by atoms with Crippen LogP contribution in [0.1, 0.15) is 45.4 Å². The number of aliphatic carboxylic acids is 1. The molecule has 0 aromatic heterocycles. The Hall–Kier alpha value is -0.610. The minimum atomic E-state index is -0.908. The molecule has 4 saturated carbocycles. The van der Waals surface area contributed by atoms with Crippen LogP contribution in [0.5, 0.6) is 0 Å². The lowest BCUT2D eigenvalue weighted by molar-refractivity contribution is -0.174. The van der Waals surface area contributed by atoms with Crippen LogP contribution < -0.4 is 0 Å². The molecule has 0 radical (unpaired) electrons. The van der Waals surface area contributed by atoms with Gasteiger partial charge in [0.05, 0.1) is 18.8 Å². The van der Waals surface area contributed by atoms with E-state index in [0.717, 1.165) is 17.8 Å². The Morgan fingerprint density at radius 1 is 1.16 bits per heavy atom. The molecule has 1 N–H and O–H groups in total. The first-order valence-corrected chi connectivity index (χ1v) is 7.55. The lowest BCUT2D eigenvalue weighted by Crippen LogP contribution is -2.52. The van der Waals surface area contributed by atoms with Crippen molar-refractivity contribution < 1.29 is 19.4 Å². The smallest absolute Gasteiger partial charge is 0.332 e. The summed E-state index contributed by atoms with van der Waals surface area (Å²) in [6.45, 7) is 2.48. The summed E-state index contributed by atoms with van der Waals surface area (Å²) in [7, 11) is 0. The van der Waals surface area contributed by atoms with E-state index in [-0.39, 0.29) is 5.60 Å². The number of carboxylic acid groups (broad SMARTS) is 1. The first kappa shape index (κ1) is 13.4. The van der Waals surface area contributed by atoms with Crippen molar-refractivity contribution in [2.45, 2.75) is 57.2 Å². The third kappa shape index (κ3) is 2.79.